The lowest BCUT2D eigenvalue weighted by Crippen LogP contribution is -2.55. The first kappa shape index (κ1) is 14.3. The van der Waals surface area contributed by atoms with E-state index in [0.717, 1.165) is 39.4 Å². The Morgan fingerprint density at radius 3 is 2.72 bits per heavy atom. The second-order valence-electron chi connectivity index (χ2n) is 6.69. The molecule has 2 rings (SSSR count). The topological polar surface area (TPSA) is 33.7 Å². The van der Waals surface area contributed by atoms with Gasteiger partial charge in [0.2, 0.25) is 0 Å². The lowest BCUT2D eigenvalue weighted by Gasteiger charge is -2.44. The molecule has 0 aromatic heterocycles. The molecule has 0 aromatic rings. The summed E-state index contributed by atoms with van der Waals surface area (Å²) < 4.78 is 11.6. The van der Waals surface area contributed by atoms with Gasteiger partial charge < -0.3 is 14.8 Å². The van der Waals surface area contributed by atoms with Crippen LogP contribution < -0.4 is 5.32 Å². The van der Waals surface area contributed by atoms with Crippen LogP contribution in [0.25, 0.3) is 0 Å². The molecule has 0 aromatic carbocycles. The zero-order valence-electron chi connectivity index (χ0n) is 12.3. The molecule has 1 N–H and O–H groups in total. The smallest absolute Gasteiger partial charge is 0.0757 e. The lowest BCUT2D eigenvalue weighted by atomic mass is 9.85. The van der Waals surface area contributed by atoms with E-state index in [1.54, 1.807) is 0 Å². The van der Waals surface area contributed by atoms with E-state index < -0.39 is 0 Å². The highest BCUT2D eigenvalue weighted by molar-refractivity contribution is 4.91. The largest absolute Gasteiger partial charge is 0.381 e. The molecule has 18 heavy (non-hydrogen) atoms. The van der Waals surface area contributed by atoms with Crippen molar-refractivity contribution >= 4 is 0 Å². The Morgan fingerprint density at radius 2 is 2.17 bits per heavy atom. The van der Waals surface area contributed by atoms with Gasteiger partial charge in [-0.1, -0.05) is 0 Å². The molecule has 2 heterocycles. The van der Waals surface area contributed by atoms with Crippen molar-refractivity contribution in [1.29, 1.82) is 0 Å². The van der Waals surface area contributed by atoms with Crippen molar-refractivity contribution < 1.29 is 9.47 Å². The Hall–Kier alpha value is -0.160. The molecule has 0 spiro atoms. The molecule has 0 radical (unpaired) electrons. The average molecular weight is 256 g/mol. The maximum atomic E-state index is 5.97. The molecule has 2 aliphatic heterocycles. The number of nitrogens with one attached hydrogen (secondary N) is 1. The Bertz CT molecular complexity index is 275. The fourth-order valence-corrected chi connectivity index (χ4v) is 3.53. The quantitative estimate of drug-likeness (QED) is 0.817. The molecule has 2 atom stereocenters. The van der Waals surface area contributed by atoms with Crippen LogP contribution in [0.15, 0.2) is 0 Å². The number of nitrogens with zero attached hydrogens (tertiary/aromatic N) is 1. The summed E-state index contributed by atoms with van der Waals surface area (Å²) in [4.78, 5) is 2.56. The van der Waals surface area contributed by atoms with E-state index >= 15 is 0 Å². The Kier molecular flexibility index (Phi) is 4.32. The minimum atomic E-state index is -0.0298. The number of morpholine rings is 1. The number of hydrogen-bond donors (Lipinski definition) is 1. The van der Waals surface area contributed by atoms with Crippen LogP contribution in [0.4, 0.5) is 0 Å². The van der Waals surface area contributed by atoms with Gasteiger partial charge in [-0.05, 0) is 34.2 Å². The highest BCUT2D eigenvalue weighted by Crippen LogP contribution is 2.31. The summed E-state index contributed by atoms with van der Waals surface area (Å²) in [5.41, 5.74) is 0.264. The summed E-state index contributed by atoms with van der Waals surface area (Å²) in [5, 5.41) is 3.33. The number of hydrogen-bond acceptors (Lipinski definition) is 4. The Balaban J connectivity index is 1.98. The maximum absolute atomic E-state index is 5.97. The van der Waals surface area contributed by atoms with Crippen molar-refractivity contribution in [2.45, 2.75) is 38.9 Å². The van der Waals surface area contributed by atoms with Crippen LogP contribution in [0.1, 0.15) is 27.2 Å². The molecule has 0 amide bonds. The van der Waals surface area contributed by atoms with Crippen molar-refractivity contribution in [3.05, 3.63) is 0 Å². The fraction of sp³-hybridized carbons (Fsp3) is 1.00. The predicted octanol–water partition coefficient (Wildman–Crippen LogP) is 1.11. The first-order valence-electron chi connectivity index (χ1n) is 7.07. The lowest BCUT2D eigenvalue weighted by molar-refractivity contribution is -0.135. The second-order valence-corrected chi connectivity index (χ2v) is 6.69. The van der Waals surface area contributed by atoms with Crippen molar-refractivity contribution in [3.8, 4) is 0 Å². The van der Waals surface area contributed by atoms with E-state index in [9.17, 15) is 0 Å². The monoisotopic (exact) mass is 256 g/mol. The molecule has 2 fully saturated rings. The van der Waals surface area contributed by atoms with Gasteiger partial charge in [0.15, 0.2) is 0 Å². The maximum Gasteiger partial charge on any atom is 0.0757 e. The van der Waals surface area contributed by atoms with E-state index in [0.29, 0.717) is 11.5 Å². The van der Waals surface area contributed by atoms with E-state index in [4.69, 9.17) is 9.47 Å². The SMILES string of the molecule is CNCC1(CN2CC(C)OC(C)(C)C2)CCOC1. The van der Waals surface area contributed by atoms with Gasteiger partial charge in [0.25, 0.3) is 0 Å². The normalized spacial score (nSPS) is 37.0. The van der Waals surface area contributed by atoms with Gasteiger partial charge >= 0.3 is 0 Å². The molecule has 0 aliphatic carbocycles. The highest BCUT2D eigenvalue weighted by Gasteiger charge is 2.39. The number of ether oxygens (including phenoxy) is 2. The first-order chi connectivity index (χ1) is 8.45. The predicted molar refractivity (Wildman–Crippen MR) is 72.9 cm³/mol. The second kappa shape index (κ2) is 5.45. The van der Waals surface area contributed by atoms with Crippen molar-refractivity contribution in [2.75, 3.05) is 46.4 Å². The third-order valence-corrected chi connectivity index (χ3v) is 3.94. The summed E-state index contributed by atoms with van der Waals surface area (Å²) in [6, 6.07) is 0. The fourth-order valence-electron chi connectivity index (χ4n) is 3.53. The Labute approximate surface area is 111 Å². The molecule has 0 bridgehead atoms. The molecular formula is C14H28N2O2. The van der Waals surface area contributed by atoms with E-state index in [1.165, 1.54) is 6.42 Å². The van der Waals surface area contributed by atoms with Gasteiger partial charge in [-0.2, -0.15) is 0 Å². The molecule has 4 nitrogen and oxygen atoms in total. The average Bonchev–Trinajstić information content (AvgIpc) is 2.63. The molecule has 2 saturated heterocycles. The van der Waals surface area contributed by atoms with Crippen molar-refractivity contribution in [3.63, 3.8) is 0 Å². The van der Waals surface area contributed by atoms with E-state index in [1.807, 2.05) is 7.05 Å². The van der Waals surface area contributed by atoms with Gasteiger partial charge in [-0.15, -0.1) is 0 Å². The van der Waals surface area contributed by atoms with Gasteiger partial charge in [0, 0.05) is 38.2 Å². The highest BCUT2D eigenvalue weighted by atomic mass is 16.5. The van der Waals surface area contributed by atoms with Crippen LogP contribution in [0.3, 0.4) is 0 Å². The van der Waals surface area contributed by atoms with Crippen LogP contribution >= 0.6 is 0 Å². The van der Waals surface area contributed by atoms with Crippen LogP contribution in [-0.2, 0) is 9.47 Å². The van der Waals surface area contributed by atoms with Crippen LogP contribution in [-0.4, -0.2) is 63.0 Å². The van der Waals surface area contributed by atoms with Crippen molar-refractivity contribution in [2.24, 2.45) is 5.41 Å². The third-order valence-electron chi connectivity index (χ3n) is 3.94. The number of rotatable bonds is 4. The van der Waals surface area contributed by atoms with Crippen LogP contribution in [0.2, 0.25) is 0 Å². The third kappa shape index (κ3) is 3.44. The van der Waals surface area contributed by atoms with Gasteiger partial charge in [0.05, 0.1) is 18.3 Å². The van der Waals surface area contributed by atoms with Crippen molar-refractivity contribution in [1.82, 2.24) is 10.2 Å². The van der Waals surface area contributed by atoms with Gasteiger partial charge in [-0.25, -0.2) is 0 Å². The minimum absolute atomic E-state index is 0.0298. The first-order valence-corrected chi connectivity index (χ1v) is 7.07. The summed E-state index contributed by atoms with van der Waals surface area (Å²) >= 11 is 0. The zero-order valence-corrected chi connectivity index (χ0v) is 12.3. The van der Waals surface area contributed by atoms with E-state index in [2.05, 4.69) is 31.0 Å². The summed E-state index contributed by atoms with van der Waals surface area (Å²) in [6.07, 6.45) is 1.49. The molecule has 106 valence electrons. The van der Waals surface area contributed by atoms with Crippen LogP contribution in [0.5, 0.6) is 0 Å². The summed E-state index contributed by atoms with van der Waals surface area (Å²) in [7, 11) is 2.03. The van der Waals surface area contributed by atoms with E-state index in [-0.39, 0.29) is 5.60 Å². The molecule has 4 heteroatoms. The summed E-state index contributed by atoms with van der Waals surface area (Å²) in [5.74, 6) is 0. The molecule has 2 unspecified atom stereocenters. The zero-order chi connectivity index (χ0) is 13.2. The molecule has 2 aliphatic rings. The standard InChI is InChI=1S/C14H28N2O2/c1-12-7-16(9-13(2,3)18-12)10-14(8-15-4)5-6-17-11-14/h12,15H,5-11H2,1-4H3. The van der Waals surface area contributed by atoms with Gasteiger partial charge in [-0.3, -0.25) is 4.90 Å². The molecular weight excluding hydrogens is 228 g/mol. The van der Waals surface area contributed by atoms with Gasteiger partial charge in [0.1, 0.15) is 0 Å². The minimum Gasteiger partial charge on any atom is -0.381 e. The van der Waals surface area contributed by atoms with Crippen LogP contribution in [0, 0.1) is 5.41 Å². The Morgan fingerprint density at radius 1 is 1.39 bits per heavy atom. The molecule has 0 saturated carbocycles. The summed E-state index contributed by atoms with van der Waals surface area (Å²) in [6.45, 7) is 12.5.